The number of aliphatic imine (C=N–C) groups is 1. The Kier molecular flexibility index (Phi) is 10.8. The molecule has 1 unspecified atom stereocenters. The molecule has 0 aliphatic carbocycles. The van der Waals surface area contributed by atoms with Crippen LogP contribution in [0.5, 0.6) is 0 Å². The summed E-state index contributed by atoms with van der Waals surface area (Å²) in [6, 6.07) is 4.16. The molecule has 2 aromatic heterocycles. The first-order valence-corrected chi connectivity index (χ1v) is 10.9. The van der Waals surface area contributed by atoms with Crippen molar-refractivity contribution in [2.45, 2.75) is 39.7 Å². The number of aryl methyl sites for hydroxylation is 2. The molecule has 8 nitrogen and oxygen atoms in total. The number of rotatable bonds is 9. The van der Waals surface area contributed by atoms with Crippen molar-refractivity contribution in [3.8, 4) is 0 Å². The van der Waals surface area contributed by atoms with Crippen molar-refractivity contribution >= 4 is 29.9 Å². The smallest absolute Gasteiger partial charge is 0.191 e. The average Bonchev–Trinajstić information content (AvgIpc) is 3.33. The predicted octanol–water partition coefficient (Wildman–Crippen LogP) is 2.29. The van der Waals surface area contributed by atoms with Gasteiger partial charge < -0.3 is 19.8 Å². The molecular weight excluding hydrogens is 507 g/mol. The molecule has 31 heavy (non-hydrogen) atoms. The summed E-state index contributed by atoms with van der Waals surface area (Å²) in [5, 5.41) is 11.6. The van der Waals surface area contributed by atoms with E-state index >= 15 is 0 Å². The summed E-state index contributed by atoms with van der Waals surface area (Å²) in [7, 11) is 2.00. The monoisotopic (exact) mass is 544 g/mol. The summed E-state index contributed by atoms with van der Waals surface area (Å²) in [5.41, 5.74) is 3.62. The lowest BCUT2D eigenvalue weighted by Crippen LogP contribution is -2.44. The molecule has 0 bridgehead atoms. The Hall–Kier alpha value is -1.59. The number of aromatic nitrogens is 2. The number of morpholine rings is 1. The Labute approximate surface area is 202 Å². The first kappa shape index (κ1) is 25.7. The molecule has 9 heteroatoms. The van der Waals surface area contributed by atoms with Crippen LogP contribution < -0.4 is 10.6 Å². The van der Waals surface area contributed by atoms with E-state index in [0.717, 1.165) is 76.2 Å². The van der Waals surface area contributed by atoms with Gasteiger partial charge in [-0.1, -0.05) is 0 Å². The Morgan fingerprint density at radius 3 is 2.71 bits per heavy atom. The van der Waals surface area contributed by atoms with Crippen molar-refractivity contribution < 1.29 is 9.15 Å². The maximum absolute atomic E-state index is 5.44. The van der Waals surface area contributed by atoms with Crippen molar-refractivity contribution in [3.63, 3.8) is 0 Å². The summed E-state index contributed by atoms with van der Waals surface area (Å²) in [5.74, 6) is 1.83. The van der Waals surface area contributed by atoms with Crippen molar-refractivity contribution in [1.82, 2.24) is 25.3 Å². The van der Waals surface area contributed by atoms with Crippen LogP contribution in [0.1, 0.15) is 29.6 Å². The maximum atomic E-state index is 5.44. The van der Waals surface area contributed by atoms with Crippen molar-refractivity contribution in [2.24, 2.45) is 12.0 Å². The number of hydrogen-bond acceptors (Lipinski definition) is 5. The molecule has 0 spiro atoms. The van der Waals surface area contributed by atoms with Gasteiger partial charge in [-0.3, -0.25) is 14.6 Å². The topological polar surface area (TPSA) is 79.9 Å². The largest absolute Gasteiger partial charge is 0.469 e. The molecule has 1 fully saturated rings. The number of halogens is 1. The summed E-state index contributed by atoms with van der Waals surface area (Å²) in [6.07, 6.45) is 3.45. The second-order valence-electron chi connectivity index (χ2n) is 7.96. The minimum Gasteiger partial charge on any atom is -0.469 e. The Balaban J connectivity index is 0.00000341. The molecule has 0 aromatic carbocycles. The molecule has 2 N–H and O–H groups in total. The highest BCUT2D eigenvalue weighted by Gasteiger charge is 2.15. The van der Waals surface area contributed by atoms with E-state index in [1.54, 1.807) is 6.26 Å². The quantitative estimate of drug-likeness (QED) is 0.287. The van der Waals surface area contributed by atoms with Gasteiger partial charge in [0.25, 0.3) is 0 Å². The van der Waals surface area contributed by atoms with E-state index in [-0.39, 0.29) is 30.0 Å². The van der Waals surface area contributed by atoms with E-state index in [2.05, 4.69) is 41.4 Å². The third kappa shape index (κ3) is 8.12. The van der Waals surface area contributed by atoms with Gasteiger partial charge in [-0.25, -0.2) is 0 Å². The summed E-state index contributed by atoms with van der Waals surface area (Å²) in [6.45, 7) is 12.5. The van der Waals surface area contributed by atoms with Gasteiger partial charge in [0.15, 0.2) is 5.96 Å². The number of nitrogens with one attached hydrogen (secondary N) is 2. The second kappa shape index (κ2) is 13.1. The zero-order valence-electron chi connectivity index (χ0n) is 19.2. The summed E-state index contributed by atoms with van der Waals surface area (Å²) in [4.78, 5) is 7.23. The van der Waals surface area contributed by atoms with Gasteiger partial charge in [0, 0.05) is 51.4 Å². The third-order valence-corrected chi connectivity index (χ3v) is 5.59. The van der Waals surface area contributed by atoms with Crippen LogP contribution in [-0.4, -0.2) is 72.6 Å². The van der Waals surface area contributed by atoms with Gasteiger partial charge >= 0.3 is 0 Å². The molecular formula is C22H37IN6O2. The van der Waals surface area contributed by atoms with Crippen LogP contribution in [-0.2, 0) is 24.6 Å². The van der Waals surface area contributed by atoms with Crippen LogP contribution >= 0.6 is 24.0 Å². The number of hydrogen-bond donors (Lipinski definition) is 2. The molecule has 0 saturated carbocycles. The first-order chi connectivity index (χ1) is 14.5. The summed E-state index contributed by atoms with van der Waals surface area (Å²) >= 11 is 0. The van der Waals surface area contributed by atoms with Gasteiger partial charge in [-0.15, -0.1) is 24.0 Å². The van der Waals surface area contributed by atoms with E-state index in [9.17, 15) is 0 Å². The second-order valence-corrected chi connectivity index (χ2v) is 7.96. The third-order valence-electron chi connectivity index (χ3n) is 5.59. The van der Waals surface area contributed by atoms with Crippen LogP contribution in [0.3, 0.4) is 0 Å². The van der Waals surface area contributed by atoms with E-state index in [0.29, 0.717) is 0 Å². The zero-order chi connectivity index (χ0) is 21.3. The fourth-order valence-corrected chi connectivity index (χ4v) is 3.74. The minimum atomic E-state index is 0. The Bertz CT molecular complexity index is 799. The molecule has 3 heterocycles. The Morgan fingerprint density at radius 1 is 1.29 bits per heavy atom. The fraction of sp³-hybridized carbons (Fsp3) is 0.636. The first-order valence-electron chi connectivity index (χ1n) is 10.9. The molecule has 1 atom stereocenters. The molecule has 174 valence electrons. The van der Waals surface area contributed by atoms with Crippen LogP contribution in [0.15, 0.2) is 27.8 Å². The molecule has 1 aliphatic rings. The molecule has 1 aliphatic heterocycles. The normalized spacial score (nSPS) is 16.1. The number of furan rings is 1. The average molecular weight is 544 g/mol. The number of nitrogens with zero attached hydrogens (tertiary/aromatic N) is 4. The van der Waals surface area contributed by atoms with Crippen molar-refractivity contribution in [1.29, 1.82) is 0 Å². The molecule has 0 amide bonds. The van der Waals surface area contributed by atoms with Crippen LogP contribution in [0.2, 0.25) is 0 Å². The lowest BCUT2D eigenvalue weighted by molar-refractivity contribution is 0.0394. The molecule has 0 radical (unpaired) electrons. The van der Waals surface area contributed by atoms with Gasteiger partial charge in [0.1, 0.15) is 5.76 Å². The lowest BCUT2D eigenvalue weighted by atomic mass is 10.1. The number of guanidine groups is 1. The van der Waals surface area contributed by atoms with Crippen LogP contribution in [0.4, 0.5) is 0 Å². The molecule has 3 rings (SSSR count). The van der Waals surface area contributed by atoms with Gasteiger partial charge in [0.2, 0.25) is 0 Å². The maximum Gasteiger partial charge on any atom is 0.191 e. The van der Waals surface area contributed by atoms with Crippen LogP contribution in [0.25, 0.3) is 0 Å². The standard InChI is InChI=1S/C22H36N6O2.HI/c1-17(16-21-18(2)26-27(4)19(21)3)25-22(23-8-7-20-6-5-13-30-20)24-9-10-28-11-14-29-15-12-28;/h5-6,13,17H,7-12,14-16H2,1-4H3,(H2,23,24,25);1H. The number of ether oxygens (including phenoxy) is 1. The fourth-order valence-electron chi connectivity index (χ4n) is 3.74. The molecule has 2 aromatic rings. The Morgan fingerprint density at radius 2 is 2.06 bits per heavy atom. The minimum absolute atomic E-state index is 0. The van der Waals surface area contributed by atoms with E-state index in [1.165, 1.54) is 11.3 Å². The molecule has 1 saturated heterocycles. The SMILES string of the molecule is Cc1nn(C)c(C)c1CC(C)NC(=NCCN1CCOCC1)NCCc1ccco1.I. The highest BCUT2D eigenvalue weighted by Crippen LogP contribution is 2.14. The lowest BCUT2D eigenvalue weighted by Gasteiger charge is -2.26. The van der Waals surface area contributed by atoms with Crippen molar-refractivity contribution in [2.75, 3.05) is 45.9 Å². The zero-order valence-corrected chi connectivity index (χ0v) is 21.5. The van der Waals surface area contributed by atoms with Gasteiger partial charge in [-0.2, -0.15) is 5.10 Å². The van der Waals surface area contributed by atoms with E-state index in [4.69, 9.17) is 14.1 Å². The van der Waals surface area contributed by atoms with E-state index in [1.807, 2.05) is 23.9 Å². The van der Waals surface area contributed by atoms with Gasteiger partial charge in [-0.05, 0) is 44.9 Å². The predicted molar refractivity (Wildman–Crippen MR) is 134 cm³/mol. The summed E-state index contributed by atoms with van der Waals surface area (Å²) < 4.78 is 12.8. The van der Waals surface area contributed by atoms with Gasteiger partial charge in [0.05, 0.1) is 31.7 Å². The van der Waals surface area contributed by atoms with E-state index < -0.39 is 0 Å². The highest BCUT2D eigenvalue weighted by molar-refractivity contribution is 14.0. The van der Waals surface area contributed by atoms with Crippen molar-refractivity contribution in [3.05, 3.63) is 41.1 Å². The highest BCUT2D eigenvalue weighted by atomic mass is 127. The van der Waals surface area contributed by atoms with Crippen LogP contribution in [0, 0.1) is 13.8 Å².